The summed E-state index contributed by atoms with van der Waals surface area (Å²) in [6, 6.07) is 23.7. The first-order valence-electron chi connectivity index (χ1n) is 12.2. The van der Waals surface area contributed by atoms with Gasteiger partial charge in [0.25, 0.3) is 20.0 Å². The van der Waals surface area contributed by atoms with Gasteiger partial charge in [-0.05, 0) is 98.6 Å². The number of hydrogen-bond acceptors (Lipinski definition) is 5. The molecule has 11 heteroatoms. The highest BCUT2D eigenvalue weighted by Gasteiger charge is 2.28. The first kappa shape index (κ1) is 29.1. The Balaban J connectivity index is 1.55. The normalized spacial score (nSPS) is 11.6. The molecule has 8 nitrogen and oxygen atoms in total. The van der Waals surface area contributed by atoms with Crippen LogP contribution in [0, 0.1) is 20.8 Å². The number of nitrogens with one attached hydrogen (secondary N) is 2. The van der Waals surface area contributed by atoms with Crippen LogP contribution in [0.1, 0.15) is 16.7 Å². The Hall–Kier alpha value is -3.86. The highest BCUT2D eigenvalue weighted by molar-refractivity contribution is 7.93. The topological polar surface area (TPSA) is 113 Å². The van der Waals surface area contributed by atoms with Gasteiger partial charge < -0.3 is 5.32 Å². The third-order valence-electron chi connectivity index (χ3n) is 6.04. The lowest BCUT2D eigenvalue weighted by atomic mass is 10.2. The Morgan fingerprint density at radius 2 is 1.40 bits per heavy atom. The number of nitrogens with zero attached hydrogens (tertiary/aromatic N) is 1. The number of hydrogen-bond donors (Lipinski definition) is 2. The largest absolute Gasteiger partial charge is 0.325 e. The van der Waals surface area contributed by atoms with E-state index in [1.54, 1.807) is 55.5 Å². The Labute approximate surface area is 239 Å². The number of sulfonamides is 2. The first-order valence-corrected chi connectivity index (χ1v) is 15.5. The first-order chi connectivity index (χ1) is 18.8. The van der Waals surface area contributed by atoms with Gasteiger partial charge in [0.15, 0.2) is 0 Å². The number of benzene rings is 4. The van der Waals surface area contributed by atoms with Crippen molar-refractivity contribution in [2.75, 3.05) is 20.9 Å². The molecule has 0 aliphatic heterocycles. The molecule has 0 atom stereocenters. The molecule has 0 aromatic heterocycles. The summed E-state index contributed by atoms with van der Waals surface area (Å²) in [7, 11) is -7.96. The van der Waals surface area contributed by atoms with Crippen molar-refractivity contribution in [3.05, 3.63) is 113 Å². The summed E-state index contributed by atoms with van der Waals surface area (Å²) in [5.41, 5.74) is 3.43. The van der Waals surface area contributed by atoms with Gasteiger partial charge in [-0.25, -0.2) is 16.8 Å². The van der Waals surface area contributed by atoms with Gasteiger partial charge in [0.1, 0.15) is 6.54 Å². The molecule has 0 spiro atoms. The molecule has 40 heavy (non-hydrogen) atoms. The highest BCUT2D eigenvalue weighted by atomic mass is 35.5. The Kier molecular flexibility index (Phi) is 8.53. The molecule has 4 rings (SSSR count). The molecule has 0 bridgehead atoms. The fourth-order valence-corrected chi connectivity index (χ4v) is 6.77. The van der Waals surface area contributed by atoms with Crippen LogP contribution in [-0.2, 0) is 24.8 Å². The zero-order valence-corrected chi connectivity index (χ0v) is 24.4. The monoisotopic (exact) mass is 597 g/mol. The van der Waals surface area contributed by atoms with Crippen LogP contribution in [0.2, 0.25) is 5.02 Å². The minimum Gasteiger partial charge on any atom is -0.325 e. The summed E-state index contributed by atoms with van der Waals surface area (Å²) in [5.74, 6) is -0.612. The second-order valence-corrected chi connectivity index (χ2v) is 13.3. The van der Waals surface area contributed by atoms with Crippen LogP contribution in [0.4, 0.5) is 17.1 Å². The highest BCUT2D eigenvalue weighted by Crippen LogP contribution is 2.29. The van der Waals surface area contributed by atoms with E-state index in [9.17, 15) is 21.6 Å². The van der Waals surface area contributed by atoms with Crippen LogP contribution in [-0.4, -0.2) is 29.3 Å². The molecule has 0 saturated heterocycles. The molecule has 4 aromatic carbocycles. The van der Waals surface area contributed by atoms with Crippen molar-refractivity contribution in [2.45, 2.75) is 30.6 Å². The van der Waals surface area contributed by atoms with Crippen molar-refractivity contribution in [1.82, 2.24) is 0 Å². The van der Waals surface area contributed by atoms with Gasteiger partial charge in [0.05, 0.1) is 15.5 Å². The van der Waals surface area contributed by atoms with Gasteiger partial charge in [0, 0.05) is 16.4 Å². The van der Waals surface area contributed by atoms with Crippen LogP contribution in [0.15, 0.2) is 101 Å². The van der Waals surface area contributed by atoms with Gasteiger partial charge in [-0.1, -0.05) is 41.4 Å². The average Bonchev–Trinajstić information content (AvgIpc) is 2.88. The molecule has 4 aromatic rings. The number of carbonyl (C=O) groups is 1. The van der Waals surface area contributed by atoms with Gasteiger partial charge in [-0.15, -0.1) is 0 Å². The fourth-order valence-electron chi connectivity index (χ4n) is 4.01. The van der Waals surface area contributed by atoms with Crippen LogP contribution in [0.5, 0.6) is 0 Å². The third kappa shape index (κ3) is 6.82. The smallest absolute Gasteiger partial charge is 0.264 e. The zero-order chi connectivity index (χ0) is 29.1. The summed E-state index contributed by atoms with van der Waals surface area (Å²) in [4.78, 5) is 13.1. The van der Waals surface area contributed by atoms with Crippen LogP contribution < -0.4 is 14.3 Å². The predicted octanol–water partition coefficient (Wildman–Crippen LogP) is 5.90. The van der Waals surface area contributed by atoms with E-state index in [0.717, 1.165) is 15.4 Å². The number of halogens is 1. The predicted molar refractivity (Wildman–Crippen MR) is 159 cm³/mol. The van der Waals surface area contributed by atoms with E-state index in [2.05, 4.69) is 10.0 Å². The van der Waals surface area contributed by atoms with Crippen LogP contribution in [0.25, 0.3) is 0 Å². The molecule has 0 aliphatic carbocycles. The van der Waals surface area contributed by atoms with E-state index in [1.807, 2.05) is 19.9 Å². The molecule has 2 N–H and O–H groups in total. The summed E-state index contributed by atoms with van der Waals surface area (Å²) in [6.45, 7) is 4.89. The van der Waals surface area contributed by atoms with E-state index >= 15 is 0 Å². The Morgan fingerprint density at radius 3 is 2.02 bits per heavy atom. The lowest BCUT2D eigenvalue weighted by Crippen LogP contribution is -2.38. The number of anilines is 3. The lowest BCUT2D eigenvalue weighted by molar-refractivity contribution is -0.114. The SMILES string of the molecule is Cc1ccc(S(=O)(=O)N(CC(=O)Nc2ccc(S(=O)(=O)Nc3cccc(C)c3)cc2)c2ccc(Cl)cc2C)cc1. The van der Waals surface area contributed by atoms with E-state index in [1.165, 1.54) is 36.4 Å². The van der Waals surface area contributed by atoms with Crippen LogP contribution in [0.3, 0.4) is 0 Å². The van der Waals surface area contributed by atoms with Gasteiger partial charge in [-0.3, -0.25) is 13.8 Å². The number of rotatable bonds is 9. The number of aryl methyl sites for hydroxylation is 3. The molecule has 0 unspecified atom stereocenters. The van der Waals surface area contributed by atoms with Crippen molar-refractivity contribution in [3.63, 3.8) is 0 Å². The van der Waals surface area contributed by atoms with Crippen molar-refractivity contribution in [1.29, 1.82) is 0 Å². The number of amides is 1. The second kappa shape index (κ2) is 11.7. The minimum atomic E-state index is -4.11. The fraction of sp³-hybridized carbons (Fsp3) is 0.138. The maximum Gasteiger partial charge on any atom is 0.264 e. The molecule has 0 fully saturated rings. The molecule has 208 valence electrons. The van der Waals surface area contributed by atoms with Crippen molar-refractivity contribution < 1.29 is 21.6 Å². The second-order valence-electron chi connectivity index (χ2n) is 9.30. The van der Waals surface area contributed by atoms with Gasteiger partial charge in [0.2, 0.25) is 5.91 Å². The van der Waals surface area contributed by atoms with E-state index in [4.69, 9.17) is 11.6 Å². The Bertz CT molecular complexity index is 1760. The zero-order valence-electron chi connectivity index (χ0n) is 22.1. The van der Waals surface area contributed by atoms with E-state index in [0.29, 0.717) is 27.6 Å². The summed E-state index contributed by atoms with van der Waals surface area (Å²) >= 11 is 6.09. The molecule has 0 heterocycles. The molecule has 0 radical (unpaired) electrons. The quantitative estimate of drug-likeness (QED) is 0.249. The van der Waals surface area contributed by atoms with Crippen molar-refractivity contribution in [3.8, 4) is 0 Å². The molecular formula is C29H28ClN3O5S2. The van der Waals surface area contributed by atoms with Gasteiger partial charge in [-0.2, -0.15) is 0 Å². The third-order valence-corrected chi connectivity index (χ3v) is 9.45. The Morgan fingerprint density at radius 1 is 0.750 bits per heavy atom. The summed E-state index contributed by atoms with van der Waals surface area (Å²) in [5, 5.41) is 3.09. The van der Waals surface area contributed by atoms with Gasteiger partial charge >= 0.3 is 0 Å². The standard InChI is InChI=1S/C29H28ClN3O5S2/c1-20-7-12-27(13-8-20)40(37,38)33(28-16-9-23(30)18-22(28)3)19-29(34)31-24-10-14-26(15-11-24)39(35,36)32-25-6-4-5-21(2)17-25/h4-18,32H,19H2,1-3H3,(H,31,34). The maximum absolute atomic E-state index is 13.6. The van der Waals surface area contributed by atoms with Crippen LogP contribution >= 0.6 is 11.6 Å². The average molecular weight is 598 g/mol. The number of carbonyl (C=O) groups excluding carboxylic acids is 1. The molecule has 0 aliphatic rings. The summed E-state index contributed by atoms with van der Waals surface area (Å²) < 4.78 is 56.4. The molecule has 1 amide bonds. The van der Waals surface area contributed by atoms with E-state index in [-0.39, 0.29) is 9.79 Å². The van der Waals surface area contributed by atoms with Crippen molar-refractivity contribution >= 4 is 54.6 Å². The van der Waals surface area contributed by atoms with E-state index < -0.39 is 32.5 Å². The van der Waals surface area contributed by atoms with Crippen molar-refractivity contribution in [2.24, 2.45) is 0 Å². The minimum absolute atomic E-state index is 0.00682. The lowest BCUT2D eigenvalue weighted by Gasteiger charge is -2.26. The molecule has 0 saturated carbocycles. The maximum atomic E-state index is 13.6. The molecular weight excluding hydrogens is 570 g/mol. The summed E-state index contributed by atoms with van der Waals surface area (Å²) in [6.07, 6.45) is 0.